The SMILES string of the molecule is Cc1cncc2ccc(CC(=O)[C@@H]3CC3c3ccc(S(=O)(=O)Cc4cnccn4)cc3)cc12. The standard InChI is InChI=1S/C26H23N3O3S/c1-17-13-28-14-20-3-2-18(10-23(17)20)11-26(30)25-12-24(25)19-4-6-22(7-5-19)33(31,32)16-21-15-27-8-9-29-21/h2-10,13-15,24-25H,11-12,16H2,1H3/t24?,25-/m1/s1. The van der Waals surface area contributed by atoms with Gasteiger partial charge in [-0.2, -0.15) is 0 Å². The molecule has 0 spiro atoms. The average Bonchev–Trinajstić information content (AvgIpc) is 3.61. The summed E-state index contributed by atoms with van der Waals surface area (Å²) in [5, 5.41) is 2.20. The van der Waals surface area contributed by atoms with Crippen molar-refractivity contribution in [2.45, 2.75) is 36.3 Å². The molecule has 33 heavy (non-hydrogen) atoms. The lowest BCUT2D eigenvalue weighted by Gasteiger charge is -2.07. The lowest BCUT2D eigenvalue weighted by atomic mass is 9.99. The van der Waals surface area contributed by atoms with E-state index in [-0.39, 0.29) is 28.3 Å². The van der Waals surface area contributed by atoms with Crippen LogP contribution >= 0.6 is 0 Å². The smallest absolute Gasteiger partial charge is 0.184 e. The summed E-state index contributed by atoms with van der Waals surface area (Å²) in [6.45, 7) is 2.02. The highest BCUT2D eigenvalue weighted by Gasteiger charge is 2.43. The van der Waals surface area contributed by atoms with Crippen LogP contribution in [0.5, 0.6) is 0 Å². The fraction of sp³-hybridized carbons (Fsp3) is 0.231. The Morgan fingerprint density at radius 1 is 1.00 bits per heavy atom. The number of pyridine rings is 1. The summed E-state index contributed by atoms with van der Waals surface area (Å²) in [6, 6.07) is 13.0. The highest BCUT2D eigenvalue weighted by atomic mass is 32.2. The molecule has 0 bridgehead atoms. The Bertz CT molecular complexity index is 1440. The fourth-order valence-corrected chi connectivity index (χ4v) is 5.58. The average molecular weight is 458 g/mol. The molecule has 0 amide bonds. The molecule has 7 heteroatoms. The van der Waals surface area contributed by atoms with Gasteiger partial charge in [0.15, 0.2) is 9.84 Å². The van der Waals surface area contributed by atoms with E-state index in [4.69, 9.17) is 0 Å². The molecule has 1 aliphatic carbocycles. The van der Waals surface area contributed by atoms with Gasteiger partial charge in [-0.25, -0.2) is 8.42 Å². The fourth-order valence-electron chi connectivity index (χ4n) is 4.32. The second kappa shape index (κ2) is 8.48. The number of aryl methyl sites for hydroxylation is 1. The summed E-state index contributed by atoms with van der Waals surface area (Å²) >= 11 is 0. The molecule has 6 nitrogen and oxygen atoms in total. The number of hydrogen-bond acceptors (Lipinski definition) is 6. The molecule has 1 unspecified atom stereocenters. The van der Waals surface area contributed by atoms with Crippen LogP contribution in [0, 0.1) is 12.8 Å². The first-order chi connectivity index (χ1) is 15.9. The molecule has 2 aromatic carbocycles. The highest BCUT2D eigenvalue weighted by Crippen LogP contribution is 2.48. The number of benzene rings is 2. The van der Waals surface area contributed by atoms with Gasteiger partial charge in [-0.1, -0.05) is 30.3 Å². The van der Waals surface area contributed by atoms with Crippen molar-refractivity contribution in [2.75, 3.05) is 0 Å². The Labute approximate surface area is 192 Å². The maximum Gasteiger partial charge on any atom is 0.184 e. The number of ketones is 1. The maximum atomic E-state index is 12.9. The molecule has 0 aliphatic heterocycles. The van der Waals surface area contributed by atoms with Crippen molar-refractivity contribution < 1.29 is 13.2 Å². The highest BCUT2D eigenvalue weighted by molar-refractivity contribution is 7.90. The summed E-state index contributed by atoms with van der Waals surface area (Å²) in [6.07, 6.45) is 9.33. The van der Waals surface area contributed by atoms with Gasteiger partial charge in [0, 0.05) is 48.7 Å². The monoisotopic (exact) mass is 457 g/mol. The molecule has 1 saturated carbocycles. The van der Waals surface area contributed by atoms with Crippen molar-refractivity contribution in [3.63, 3.8) is 0 Å². The van der Waals surface area contributed by atoms with Crippen LogP contribution < -0.4 is 0 Å². The molecule has 0 radical (unpaired) electrons. The molecule has 166 valence electrons. The van der Waals surface area contributed by atoms with Gasteiger partial charge in [-0.3, -0.25) is 19.7 Å². The first-order valence-electron chi connectivity index (χ1n) is 10.8. The first kappa shape index (κ1) is 21.4. The molecular formula is C26H23N3O3S. The normalized spacial score (nSPS) is 17.7. The summed E-state index contributed by atoms with van der Waals surface area (Å²) in [5.41, 5.74) is 3.53. The number of nitrogens with zero attached hydrogens (tertiary/aromatic N) is 3. The lowest BCUT2D eigenvalue weighted by molar-refractivity contribution is -0.119. The van der Waals surface area contributed by atoms with Gasteiger partial charge in [0.05, 0.1) is 16.3 Å². The maximum absolute atomic E-state index is 12.9. The van der Waals surface area contributed by atoms with Gasteiger partial charge in [0.2, 0.25) is 0 Å². The number of hydrogen-bond donors (Lipinski definition) is 0. The zero-order valence-corrected chi connectivity index (χ0v) is 19.0. The first-order valence-corrected chi connectivity index (χ1v) is 12.5. The number of aromatic nitrogens is 3. The van der Waals surface area contributed by atoms with Gasteiger partial charge in [0.25, 0.3) is 0 Å². The molecule has 5 rings (SSSR count). The van der Waals surface area contributed by atoms with Crippen molar-refractivity contribution in [1.82, 2.24) is 15.0 Å². The Kier molecular flexibility index (Phi) is 5.50. The van der Waals surface area contributed by atoms with Crippen LogP contribution in [0.4, 0.5) is 0 Å². The van der Waals surface area contributed by atoms with Crippen molar-refractivity contribution in [1.29, 1.82) is 0 Å². The van der Waals surface area contributed by atoms with E-state index in [2.05, 4.69) is 21.0 Å². The number of rotatable bonds is 7. The molecule has 2 aromatic heterocycles. The lowest BCUT2D eigenvalue weighted by Crippen LogP contribution is -2.07. The number of Topliss-reactive ketones (excluding diaryl/α,β-unsaturated/α-hetero) is 1. The van der Waals surface area contributed by atoms with Crippen LogP contribution in [0.2, 0.25) is 0 Å². The summed E-state index contributed by atoms with van der Waals surface area (Å²) < 4.78 is 25.3. The number of carbonyl (C=O) groups is 1. The molecule has 1 aliphatic rings. The third-order valence-electron chi connectivity index (χ3n) is 6.23. The van der Waals surface area contributed by atoms with Gasteiger partial charge in [-0.15, -0.1) is 0 Å². The molecule has 4 aromatic rings. The van der Waals surface area contributed by atoms with Crippen molar-refractivity contribution in [3.05, 3.63) is 95.8 Å². The minimum Gasteiger partial charge on any atom is -0.299 e. The Hall–Kier alpha value is -3.45. The Morgan fingerprint density at radius 3 is 2.58 bits per heavy atom. The van der Waals surface area contributed by atoms with Crippen molar-refractivity contribution >= 4 is 26.4 Å². The van der Waals surface area contributed by atoms with Crippen LogP contribution in [0.3, 0.4) is 0 Å². The van der Waals surface area contributed by atoms with Crippen LogP contribution in [0.25, 0.3) is 10.8 Å². The predicted octanol–water partition coefficient (Wildman–Crippen LogP) is 4.22. The summed E-state index contributed by atoms with van der Waals surface area (Å²) in [5.74, 6) is 0.179. The Balaban J connectivity index is 1.25. The second-order valence-electron chi connectivity index (χ2n) is 8.63. The molecular weight excluding hydrogens is 434 g/mol. The van der Waals surface area contributed by atoms with E-state index in [0.29, 0.717) is 12.1 Å². The van der Waals surface area contributed by atoms with Gasteiger partial charge < -0.3 is 0 Å². The molecule has 1 fully saturated rings. The van der Waals surface area contributed by atoms with E-state index in [9.17, 15) is 13.2 Å². The van der Waals surface area contributed by atoms with E-state index in [1.807, 2.05) is 43.6 Å². The topological polar surface area (TPSA) is 89.9 Å². The van der Waals surface area contributed by atoms with Crippen molar-refractivity contribution in [3.8, 4) is 0 Å². The van der Waals surface area contributed by atoms with E-state index < -0.39 is 9.84 Å². The van der Waals surface area contributed by atoms with Gasteiger partial charge in [-0.05, 0) is 53.5 Å². The molecule has 2 heterocycles. The second-order valence-corrected chi connectivity index (χ2v) is 10.6. The third kappa shape index (κ3) is 4.54. The minimum atomic E-state index is -3.50. The van der Waals surface area contributed by atoms with Crippen molar-refractivity contribution in [2.24, 2.45) is 5.92 Å². The predicted molar refractivity (Wildman–Crippen MR) is 125 cm³/mol. The Morgan fingerprint density at radius 2 is 1.82 bits per heavy atom. The van der Waals surface area contributed by atoms with Gasteiger partial charge in [0.1, 0.15) is 5.78 Å². The zero-order chi connectivity index (χ0) is 23.0. The van der Waals surface area contributed by atoms with E-state index >= 15 is 0 Å². The number of fused-ring (bicyclic) bond motifs is 1. The largest absolute Gasteiger partial charge is 0.299 e. The molecule has 0 N–H and O–H groups in total. The van der Waals surface area contributed by atoms with Gasteiger partial charge >= 0.3 is 0 Å². The molecule has 0 saturated heterocycles. The minimum absolute atomic E-state index is 0.0127. The third-order valence-corrected chi connectivity index (χ3v) is 7.89. The van der Waals surface area contributed by atoms with Crippen LogP contribution in [-0.2, 0) is 26.8 Å². The number of carbonyl (C=O) groups excluding carboxylic acids is 1. The van der Waals surface area contributed by atoms with E-state index in [1.165, 1.54) is 18.6 Å². The van der Waals surface area contributed by atoms with E-state index in [1.54, 1.807) is 12.1 Å². The summed E-state index contributed by atoms with van der Waals surface area (Å²) in [4.78, 5) is 25.3. The van der Waals surface area contributed by atoms with Crippen LogP contribution in [0.1, 0.15) is 34.7 Å². The quantitative estimate of drug-likeness (QED) is 0.413. The van der Waals surface area contributed by atoms with Crippen LogP contribution in [-0.4, -0.2) is 29.2 Å². The molecule has 2 atom stereocenters. The zero-order valence-electron chi connectivity index (χ0n) is 18.2. The van der Waals surface area contributed by atoms with Crippen LogP contribution in [0.15, 0.2) is 78.3 Å². The summed E-state index contributed by atoms with van der Waals surface area (Å²) in [7, 11) is -3.50. The number of sulfone groups is 1. The van der Waals surface area contributed by atoms with E-state index in [0.717, 1.165) is 33.9 Å².